The molecule has 39 heavy (non-hydrogen) atoms. The number of fused-ring (bicyclic) bond motifs is 2. The molecule has 0 bridgehead atoms. The molecule has 0 aromatic heterocycles. The number of nitrogens with one attached hydrogen (secondary N) is 4. The van der Waals surface area contributed by atoms with Crippen molar-refractivity contribution in [3.8, 4) is 0 Å². The van der Waals surface area contributed by atoms with Gasteiger partial charge in [0.15, 0.2) is 0 Å². The van der Waals surface area contributed by atoms with Crippen molar-refractivity contribution in [2.75, 3.05) is 36.1 Å². The number of carbonyl (C=O) groups is 3. The average Bonchev–Trinajstić information content (AvgIpc) is 3.10. The van der Waals surface area contributed by atoms with E-state index in [4.69, 9.17) is 0 Å². The Balaban J connectivity index is 1.51. The van der Waals surface area contributed by atoms with Crippen LogP contribution >= 0.6 is 11.8 Å². The van der Waals surface area contributed by atoms with Crippen LogP contribution in [0.25, 0.3) is 10.8 Å². The fraction of sp³-hybridized carbons (Fsp3) is 0.367. The summed E-state index contributed by atoms with van der Waals surface area (Å²) in [7, 11) is 1.72. The normalized spacial score (nSPS) is 18.8. The van der Waals surface area contributed by atoms with E-state index in [9.17, 15) is 14.4 Å². The molecule has 4 N–H and O–H groups in total. The molecule has 3 amide bonds. The van der Waals surface area contributed by atoms with Gasteiger partial charge in [0.2, 0.25) is 11.8 Å². The Hall–Kier alpha value is -3.40. The first-order chi connectivity index (χ1) is 19.0. The molecule has 5 rings (SSSR count). The number of hydrogen-bond donors (Lipinski definition) is 4. The molecular formula is C30H35N5O3S. The predicted octanol–water partition coefficient (Wildman–Crippen LogP) is 3.51. The van der Waals surface area contributed by atoms with Crippen LogP contribution in [0.1, 0.15) is 25.3 Å². The molecule has 204 valence electrons. The van der Waals surface area contributed by atoms with Crippen molar-refractivity contribution in [1.29, 1.82) is 0 Å². The second-order valence-corrected chi connectivity index (χ2v) is 11.1. The number of piperidine rings is 1. The standard InChI is InChI=1S/C30H35N5O3S/c1-19(31-2)28(36)34-25-18-39-27-24(33-29(37)21-13-15-32-16-14-21)11-6-12-26(27)35(30(25)38)17-22-9-5-8-20-7-3-4-10-23(20)22/h3-12,19,21,25,31-32H,13-18H2,1-2H3,(H,33,37)(H,34,36)/t19-,25-/m0/s1. The Labute approximate surface area is 233 Å². The van der Waals surface area contributed by atoms with Crippen LogP contribution in [0.4, 0.5) is 11.4 Å². The number of likely N-dealkylation sites (N-methyl/N-ethyl adjacent to an activating group) is 1. The van der Waals surface area contributed by atoms with Crippen molar-refractivity contribution < 1.29 is 14.4 Å². The topological polar surface area (TPSA) is 103 Å². The summed E-state index contributed by atoms with van der Waals surface area (Å²) in [5.74, 6) is -0.0735. The van der Waals surface area contributed by atoms with E-state index in [0.717, 1.165) is 52.8 Å². The van der Waals surface area contributed by atoms with Gasteiger partial charge in [-0.2, -0.15) is 0 Å². The zero-order valence-electron chi connectivity index (χ0n) is 22.3. The zero-order valence-corrected chi connectivity index (χ0v) is 23.1. The van der Waals surface area contributed by atoms with Gasteiger partial charge in [-0.25, -0.2) is 0 Å². The van der Waals surface area contributed by atoms with Crippen LogP contribution in [0.15, 0.2) is 65.6 Å². The highest BCUT2D eigenvalue weighted by Crippen LogP contribution is 2.41. The van der Waals surface area contributed by atoms with Gasteiger partial charge in [0, 0.05) is 11.7 Å². The van der Waals surface area contributed by atoms with Crippen LogP contribution in [0.5, 0.6) is 0 Å². The largest absolute Gasteiger partial charge is 0.342 e. The van der Waals surface area contributed by atoms with E-state index >= 15 is 0 Å². The molecule has 9 heteroatoms. The molecule has 2 aliphatic rings. The minimum atomic E-state index is -0.714. The number of thioether (sulfide) groups is 1. The zero-order chi connectivity index (χ0) is 27.4. The lowest BCUT2D eigenvalue weighted by Crippen LogP contribution is -2.53. The van der Waals surface area contributed by atoms with E-state index in [0.29, 0.717) is 18.0 Å². The summed E-state index contributed by atoms with van der Waals surface area (Å²) < 4.78 is 0. The molecule has 2 atom stereocenters. The van der Waals surface area contributed by atoms with Crippen molar-refractivity contribution in [1.82, 2.24) is 16.0 Å². The molecule has 2 aliphatic heterocycles. The lowest BCUT2D eigenvalue weighted by atomic mass is 9.97. The Kier molecular flexibility index (Phi) is 8.50. The van der Waals surface area contributed by atoms with E-state index in [1.54, 1.807) is 18.9 Å². The summed E-state index contributed by atoms with van der Waals surface area (Å²) in [4.78, 5) is 42.6. The first-order valence-electron chi connectivity index (χ1n) is 13.5. The van der Waals surface area contributed by atoms with Crippen molar-refractivity contribution in [2.24, 2.45) is 5.92 Å². The second kappa shape index (κ2) is 12.2. The van der Waals surface area contributed by atoms with Gasteiger partial charge in [-0.1, -0.05) is 48.5 Å². The van der Waals surface area contributed by atoms with Crippen LogP contribution in [0.2, 0.25) is 0 Å². The number of anilines is 2. The van der Waals surface area contributed by atoms with Gasteiger partial charge in [-0.05, 0) is 68.4 Å². The van der Waals surface area contributed by atoms with Crippen LogP contribution in [-0.4, -0.2) is 55.7 Å². The number of carbonyl (C=O) groups excluding carboxylic acids is 3. The van der Waals surface area contributed by atoms with E-state index < -0.39 is 12.1 Å². The smallest absolute Gasteiger partial charge is 0.250 e. The Bertz CT molecular complexity index is 1370. The van der Waals surface area contributed by atoms with Gasteiger partial charge in [0.05, 0.1) is 28.9 Å². The maximum absolute atomic E-state index is 14.1. The first kappa shape index (κ1) is 27.2. The monoisotopic (exact) mass is 545 g/mol. The second-order valence-electron chi connectivity index (χ2n) is 10.1. The van der Waals surface area contributed by atoms with Crippen molar-refractivity contribution >= 4 is 51.6 Å². The van der Waals surface area contributed by atoms with Crippen molar-refractivity contribution in [3.63, 3.8) is 0 Å². The molecule has 0 aliphatic carbocycles. The summed E-state index contributed by atoms with van der Waals surface area (Å²) in [6, 6.07) is 18.8. The molecule has 1 fully saturated rings. The molecule has 0 unspecified atom stereocenters. The SMILES string of the molecule is CN[C@@H](C)C(=O)N[C@H]1CSc2c(NC(=O)C3CCNCC3)cccc2N(Cc2cccc3ccccc23)C1=O. The maximum Gasteiger partial charge on any atom is 0.250 e. The lowest BCUT2D eigenvalue weighted by Gasteiger charge is -2.28. The quantitative estimate of drug-likeness (QED) is 0.363. The number of benzene rings is 3. The van der Waals surface area contributed by atoms with Gasteiger partial charge < -0.3 is 26.2 Å². The summed E-state index contributed by atoms with van der Waals surface area (Å²) in [5.41, 5.74) is 2.45. The Morgan fingerprint density at radius 1 is 1.05 bits per heavy atom. The fourth-order valence-corrected chi connectivity index (χ4v) is 6.31. The number of amides is 3. The summed E-state index contributed by atoms with van der Waals surface area (Å²) in [6.45, 7) is 3.77. The average molecular weight is 546 g/mol. The van der Waals surface area contributed by atoms with Gasteiger partial charge in [-0.3, -0.25) is 14.4 Å². The van der Waals surface area contributed by atoms with E-state index in [-0.39, 0.29) is 23.6 Å². The molecule has 0 saturated carbocycles. The highest BCUT2D eigenvalue weighted by molar-refractivity contribution is 7.99. The molecule has 1 saturated heterocycles. The first-order valence-corrected chi connectivity index (χ1v) is 14.5. The molecule has 2 heterocycles. The molecular weight excluding hydrogens is 510 g/mol. The molecule has 3 aromatic rings. The third-order valence-corrected chi connectivity index (χ3v) is 8.78. The third-order valence-electron chi connectivity index (χ3n) is 7.56. The highest BCUT2D eigenvalue weighted by Gasteiger charge is 2.34. The summed E-state index contributed by atoms with van der Waals surface area (Å²) >= 11 is 1.49. The van der Waals surface area contributed by atoms with E-state index in [1.807, 2.05) is 42.5 Å². The number of nitrogens with zero attached hydrogens (tertiary/aromatic N) is 1. The van der Waals surface area contributed by atoms with Gasteiger partial charge in [-0.15, -0.1) is 11.8 Å². The van der Waals surface area contributed by atoms with Gasteiger partial charge in [0.1, 0.15) is 6.04 Å². The van der Waals surface area contributed by atoms with Crippen LogP contribution < -0.4 is 26.2 Å². The minimum Gasteiger partial charge on any atom is -0.342 e. The third kappa shape index (κ3) is 5.95. The van der Waals surface area contributed by atoms with Gasteiger partial charge in [0.25, 0.3) is 5.91 Å². The predicted molar refractivity (Wildman–Crippen MR) is 157 cm³/mol. The molecule has 3 aromatic carbocycles. The Morgan fingerprint density at radius 2 is 1.79 bits per heavy atom. The van der Waals surface area contributed by atoms with Crippen molar-refractivity contribution in [3.05, 3.63) is 66.2 Å². The molecule has 0 spiro atoms. The van der Waals surface area contributed by atoms with Gasteiger partial charge >= 0.3 is 0 Å². The maximum atomic E-state index is 14.1. The fourth-order valence-electron chi connectivity index (χ4n) is 5.15. The number of rotatable bonds is 7. The molecule has 8 nitrogen and oxygen atoms in total. The van der Waals surface area contributed by atoms with Crippen LogP contribution in [0.3, 0.4) is 0 Å². The van der Waals surface area contributed by atoms with Crippen LogP contribution in [0, 0.1) is 5.92 Å². The summed E-state index contributed by atoms with van der Waals surface area (Å²) in [6.07, 6.45) is 1.61. The van der Waals surface area contributed by atoms with E-state index in [1.165, 1.54) is 11.8 Å². The number of hydrogen-bond acceptors (Lipinski definition) is 6. The van der Waals surface area contributed by atoms with E-state index in [2.05, 4.69) is 39.5 Å². The lowest BCUT2D eigenvalue weighted by molar-refractivity contribution is -0.128. The van der Waals surface area contributed by atoms with Crippen LogP contribution in [-0.2, 0) is 20.9 Å². The van der Waals surface area contributed by atoms with Crippen molar-refractivity contribution in [2.45, 2.75) is 43.3 Å². The summed E-state index contributed by atoms with van der Waals surface area (Å²) in [5, 5.41) is 14.5. The molecule has 0 radical (unpaired) electrons. The highest BCUT2D eigenvalue weighted by atomic mass is 32.2. The minimum absolute atomic E-state index is 0.00868. The Morgan fingerprint density at radius 3 is 2.59 bits per heavy atom.